The van der Waals surface area contributed by atoms with Crippen LogP contribution in [0.15, 0.2) is 24.3 Å². The largest absolute Gasteiger partial charge is 0.349 e. The summed E-state index contributed by atoms with van der Waals surface area (Å²) in [5, 5.41) is 2.87. The van der Waals surface area contributed by atoms with Gasteiger partial charge in [-0.25, -0.2) is 0 Å². The molecule has 1 aromatic rings. The molecule has 1 aromatic heterocycles. The van der Waals surface area contributed by atoms with Crippen LogP contribution in [0.1, 0.15) is 38.0 Å². The standard InChI is InChI=1S/C19H23ClN2O3S/c1-11(2)9-15(17(23)21-10-12-7-8-16(20)26-12)22-18(24)13-5-3-4-6-14(13)19(22)25/h3-4,7-8,11,13-15H,5-6,9-10H2,1-2H3,(H,21,23). The van der Waals surface area contributed by atoms with Gasteiger partial charge in [-0.05, 0) is 37.3 Å². The Labute approximate surface area is 162 Å². The minimum absolute atomic E-state index is 0.184. The first-order chi connectivity index (χ1) is 12.4. The predicted octanol–water partition coefficient (Wildman–Crippen LogP) is 3.38. The van der Waals surface area contributed by atoms with Crippen LogP contribution < -0.4 is 5.32 Å². The van der Waals surface area contributed by atoms with Crippen LogP contribution >= 0.6 is 22.9 Å². The number of nitrogens with one attached hydrogen (secondary N) is 1. The van der Waals surface area contributed by atoms with Gasteiger partial charge in [0, 0.05) is 4.88 Å². The van der Waals surface area contributed by atoms with Gasteiger partial charge in [0.15, 0.2) is 0 Å². The molecule has 140 valence electrons. The topological polar surface area (TPSA) is 66.5 Å². The fourth-order valence-corrected chi connectivity index (χ4v) is 4.68. The summed E-state index contributed by atoms with van der Waals surface area (Å²) in [7, 11) is 0. The molecule has 3 amide bonds. The van der Waals surface area contributed by atoms with Crippen LogP contribution in [-0.4, -0.2) is 28.7 Å². The summed E-state index contributed by atoms with van der Waals surface area (Å²) in [6, 6.07) is 2.89. The number of likely N-dealkylation sites (tertiary alicyclic amines) is 1. The number of hydrogen-bond acceptors (Lipinski definition) is 4. The van der Waals surface area contributed by atoms with Crippen molar-refractivity contribution >= 4 is 40.7 Å². The third-order valence-electron chi connectivity index (χ3n) is 4.92. The van der Waals surface area contributed by atoms with E-state index in [0.717, 1.165) is 4.88 Å². The Morgan fingerprint density at radius 2 is 1.85 bits per heavy atom. The second-order valence-electron chi connectivity index (χ2n) is 7.27. The molecule has 1 saturated heterocycles. The monoisotopic (exact) mass is 394 g/mol. The Morgan fingerprint density at radius 3 is 2.35 bits per heavy atom. The van der Waals surface area contributed by atoms with Gasteiger partial charge in [0.1, 0.15) is 6.04 Å². The fraction of sp³-hybridized carbons (Fsp3) is 0.526. The SMILES string of the molecule is CC(C)CC(C(=O)NCc1ccc(Cl)s1)N1C(=O)C2CC=CCC2C1=O. The normalized spacial score (nSPS) is 23.5. The van der Waals surface area contributed by atoms with E-state index >= 15 is 0 Å². The van der Waals surface area contributed by atoms with Gasteiger partial charge >= 0.3 is 0 Å². The highest BCUT2D eigenvalue weighted by molar-refractivity contribution is 7.16. The van der Waals surface area contributed by atoms with Gasteiger partial charge in [0.25, 0.3) is 0 Å². The first-order valence-electron chi connectivity index (χ1n) is 8.92. The van der Waals surface area contributed by atoms with Crippen LogP contribution in [0, 0.1) is 17.8 Å². The molecule has 26 heavy (non-hydrogen) atoms. The van der Waals surface area contributed by atoms with Crippen LogP contribution in [0.2, 0.25) is 4.34 Å². The van der Waals surface area contributed by atoms with E-state index in [2.05, 4.69) is 5.32 Å². The molecule has 0 aromatic carbocycles. The van der Waals surface area contributed by atoms with Crippen molar-refractivity contribution in [3.05, 3.63) is 33.5 Å². The van der Waals surface area contributed by atoms with Crippen molar-refractivity contribution in [2.24, 2.45) is 17.8 Å². The predicted molar refractivity (Wildman–Crippen MR) is 102 cm³/mol. The molecular weight excluding hydrogens is 372 g/mol. The molecule has 3 rings (SSSR count). The summed E-state index contributed by atoms with van der Waals surface area (Å²) in [6.07, 6.45) is 5.52. The highest BCUT2D eigenvalue weighted by Gasteiger charge is 2.51. The molecule has 0 radical (unpaired) electrons. The maximum absolute atomic E-state index is 12.8. The summed E-state index contributed by atoms with van der Waals surface area (Å²) in [5.74, 6) is -1.13. The van der Waals surface area contributed by atoms with Crippen LogP contribution in [0.4, 0.5) is 0 Å². The number of halogens is 1. The number of fused-ring (bicyclic) bond motifs is 1. The first-order valence-corrected chi connectivity index (χ1v) is 10.1. The molecule has 1 aliphatic heterocycles. The minimum atomic E-state index is -0.754. The zero-order chi connectivity index (χ0) is 18.8. The van der Waals surface area contributed by atoms with E-state index in [1.165, 1.54) is 16.2 Å². The molecule has 1 fully saturated rings. The van der Waals surface area contributed by atoms with Crippen molar-refractivity contribution in [1.29, 1.82) is 0 Å². The molecule has 0 saturated carbocycles. The Kier molecular flexibility index (Phi) is 5.82. The van der Waals surface area contributed by atoms with E-state index in [4.69, 9.17) is 11.6 Å². The van der Waals surface area contributed by atoms with E-state index in [0.29, 0.717) is 30.1 Å². The smallest absolute Gasteiger partial charge is 0.243 e. The van der Waals surface area contributed by atoms with Crippen molar-refractivity contribution in [2.75, 3.05) is 0 Å². The lowest BCUT2D eigenvalue weighted by atomic mass is 9.85. The number of nitrogens with zero attached hydrogens (tertiary/aromatic N) is 1. The number of carbonyl (C=O) groups is 3. The number of imide groups is 1. The van der Waals surface area contributed by atoms with E-state index in [1.54, 1.807) is 6.07 Å². The summed E-state index contributed by atoms with van der Waals surface area (Å²) in [4.78, 5) is 40.7. The quantitative estimate of drug-likeness (QED) is 0.594. The van der Waals surface area contributed by atoms with Crippen molar-refractivity contribution in [1.82, 2.24) is 10.2 Å². The molecule has 7 heteroatoms. The summed E-state index contributed by atoms with van der Waals surface area (Å²) < 4.78 is 0.662. The molecule has 3 unspecified atom stereocenters. The van der Waals surface area contributed by atoms with Crippen molar-refractivity contribution in [3.8, 4) is 0 Å². The summed E-state index contributed by atoms with van der Waals surface area (Å²) >= 11 is 7.32. The minimum Gasteiger partial charge on any atom is -0.349 e. The average Bonchev–Trinajstić information content (AvgIpc) is 3.13. The van der Waals surface area contributed by atoms with E-state index < -0.39 is 6.04 Å². The van der Waals surface area contributed by atoms with Gasteiger partial charge in [-0.3, -0.25) is 19.3 Å². The van der Waals surface area contributed by atoms with Crippen LogP contribution in [0.5, 0.6) is 0 Å². The molecule has 5 nitrogen and oxygen atoms in total. The Hall–Kier alpha value is -1.66. The van der Waals surface area contributed by atoms with Gasteiger partial charge in [0.2, 0.25) is 17.7 Å². The zero-order valence-electron chi connectivity index (χ0n) is 14.9. The zero-order valence-corrected chi connectivity index (χ0v) is 16.5. The van der Waals surface area contributed by atoms with Crippen molar-refractivity contribution < 1.29 is 14.4 Å². The van der Waals surface area contributed by atoms with Crippen molar-refractivity contribution in [2.45, 2.75) is 45.7 Å². The van der Waals surface area contributed by atoms with Crippen LogP contribution in [0.25, 0.3) is 0 Å². The van der Waals surface area contributed by atoms with E-state index in [9.17, 15) is 14.4 Å². The lowest BCUT2D eigenvalue weighted by Gasteiger charge is -2.27. The molecule has 1 N–H and O–H groups in total. The third-order valence-corrected chi connectivity index (χ3v) is 6.15. The Morgan fingerprint density at radius 1 is 1.23 bits per heavy atom. The number of hydrogen-bond donors (Lipinski definition) is 1. The van der Waals surface area contributed by atoms with Gasteiger partial charge in [-0.1, -0.05) is 37.6 Å². The van der Waals surface area contributed by atoms with Gasteiger partial charge in [-0.15, -0.1) is 11.3 Å². The highest BCUT2D eigenvalue weighted by Crippen LogP contribution is 2.37. The Balaban J connectivity index is 1.75. The number of thiophene rings is 1. The number of amides is 3. The molecule has 1 aliphatic carbocycles. The number of rotatable bonds is 6. The van der Waals surface area contributed by atoms with Gasteiger partial charge < -0.3 is 5.32 Å². The summed E-state index contributed by atoms with van der Waals surface area (Å²) in [6.45, 7) is 4.31. The van der Waals surface area contributed by atoms with E-state index in [1.807, 2.05) is 32.1 Å². The highest BCUT2D eigenvalue weighted by atomic mass is 35.5. The number of allylic oxidation sites excluding steroid dienone is 2. The molecule has 2 heterocycles. The molecular formula is C19H23ClN2O3S. The average molecular weight is 395 g/mol. The lowest BCUT2D eigenvalue weighted by molar-refractivity contribution is -0.148. The second-order valence-corrected chi connectivity index (χ2v) is 9.07. The number of carbonyl (C=O) groups excluding carboxylic acids is 3. The third kappa shape index (κ3) is 3.86. The fourth-order valence-electron chi connectivity index (χ4n) is 3.65. The Bertz CT molecular complexity index is 717. The van der Waals surface area contributed by atoms with E-state index in [-0.39, 0.29) is 35.5 Å². The van der Waals surface area contributed by atoms with Crippen LogP contribution in [0.3, 0.4) is 0 Å². The molecule has 2 aliphatic rings. The molecule has 0 bridgehead atoms. The second kappa shape index (κ2) is 7.92. The van der Waals surface area contributed by atoms with Crippen molar-refractivity contribution in [3.63, 3.8) is 0 Å². The molecule has 3 atom stereocenters. The molecule has 0 spiro atoms. The van der Waals surface area contributed by atoms with Gasteiger partial charge in [0.05, 0.1) is 22.7 Å². The van der Waals surface area contributed by atoms with Crippen LogP contribution in [-0.2, 0) is 20.9 Å². The van der Waals surface area contributed by atoms with Gasteiger partial charge in [-0.2, -0.15) is 0 Å². The lowest BCUT2D eigenvalue weighted by Crippen LogP contribution is -2.50. The summed E-state index contributed by atoms with van der Waals surface area (Å²) in [5.41, 5.74) is 0. The first kappa shape index (κ1) is 19.1. The maximum atomic E-state index is 12.8. The maximum Gasteiger partial charge on any atom is 0.243 e.